The summed E-state index contributed by atoms with van der Waals surface area (Å²) >= 11 is 1.20. The van der Waals surface area contributed by atoms with E-state index in [0.717, 1.165) is 15.8 Å². The third-order valence-corrected chi connectivity index (χ3v) is 7.23. The number of aryl methyl sites for hydroxylation is 2. The fraction of sp³-hybridized carbons (Fsp3) is 0.130. The van der Waals surface area contributed by atoms with E-state index in [4.69, 9.17) is 4.74 Å². The molecule has 0 aliphatic heterocycles. The maximum atomic E-state index is 12.7. The molecule has 0 saturated heterocycles. The number of urea groups is 1. The minimum atomic E-state index is -3.75. The molecule has 0 fully saturated rings. The molecule has 0 unspecified atom stereocenters. The van der Waals surface area contributed by atoms with E-state index in [-0.39, 0.29) is 10.0 Å². The summed E-state index contributed by atoms with van der Waals surface area (Å²) < 4.78 is 33.8. The number of aromatic nitrogens is 1. The second-order valence-corrected chi connectivity index (χ2v) is 10.1. The van der Waals surface area contributed by atoms with Crippen LogP contribution in [0.15, 0.2) is 65.6 Å². The van der Waals surface area contributed by atoms with Crippen LogP contribution in [-0.4, -0.2) is 26.5 Å². The molecular weight excluding hydrogens is 460 g/mol. The number of rotatable bonds is 6. The van der Waals surface area contributed by atoms with Gasteiger partial charge in [0.1, 0.15) is 5.75 Å². The van der Waals surface area contributed by atoms with E-state index in [0.29, 0.717) is 22.6 Å². The Morgan fingerprint density at radius 1 is 0.970 bits per heavy atom. The van der Waals surface area contributed by atoms with E-state index in [9.17, 15) is 13.2 Å². The minimum Gasteiger partial charge on any atom is -0.497 e. The minimum absolute atomic E-state index is 0.167. The van der Waals surface area contributed by atoms with Gasteiger partial charge in [-0.3, -0.25) is 4.72 Å². The summed E-state index contributed by atoms with van der Waals surface area (Å²) in [5.74, 6) is 0.635. The van der Waals surface area contributed by atoms with Gasteiger partial charge in [0.15, 0.2) is 5.13 Å². The van der Waals surface area contributed by atoms with Crippen molar-refractivity contribution in [3.8, 4) is 5.75 Å². The van der Waals surface area contributed by atoms with Gasteiger partial charge < -0.3 is 15.4 Å². The molecule has 4 rings (SSSR count). The predicted octanol–water partition coefficient (Wildman–Crippen LogP) is 5.37. The highest BCUT2D eigenvalue weighted by atomic mass is 32.2. The van der Waals surface area contributed by atoms with Crippen LogP contribution in [0.3, 0.4) is 0 Å². The number of carbonyl (C=O) groups excluding carboxylic acids is 1. The Morgan fingerprint density at radius 3 is 2.42 bits per heavy atom. The molecule has 0 atom stereocenters. The van der Waals surface area contributed by atoms with Crippen LogP contribution in [0.2, 0.25) is 0 Å². The molecule has 3 N–H and O–H groups in total. The van der Waals surface area contributed by atoms with Gasteiger partial charge in [-0.25, -0.2) is 18.2 Å². The van der Waals surface area contributed by atoms with Crippen LogP contribution in [0.5, 0.6) is 5.75 Å². The van der Waals surface area contributed by atoms with Crippen molar-refractivity contribution in [1.29, 1.82) is 0 Å². The van der Waals surface area contributed by atoms with Gasteiger partial charge in [0, 0.05) is 17.4 Å². The molecule has 2 amide bonds. The molecule has 3 aromatic carbocycles. The van der Waals surface area contributed by atoms with Crippen molar-refractivity contribution in [3.05, 3.63) is 71.8 Å². The van der Waals surface area contributed by atoms with Gasteiger partial charge in [-0.15, -0.1) is 0 Å². The lowest BCUT2D eigenvalue weighted by Gasteiger charge is -2.09. The van der Waals surface area contributed by atoms with E-state index in [2.05, 4.69) is 20.3 Å². The summed E-state index contributed by atoms with van der Waals surface area (Å²) in [4.78, 5) is 17.0. The molecule has 1 heterocycles. The Labute approximate surface area is 195 Å². The van der Waals surface area contributed by atoms with Gasteiger partial charge in [0.05, 0.1) is 22.2 Å². The second-order valence-electron chi connectivity index (χ2n) is 7.39. The van der Waals surface area contributed by atoms with Crippen LogP contribution >= 0.6 is 11.3 Å². The van der Waals surface area contributed by atoms with E-state index < -0.39 is 16.1 Å². The first-order chi connectivity index (χ1) is 15.7. The van der Waals surface area contributed by atoms with Gasteiger partial charge in [-0.1, -0.05) is 35.1 Å². The summed E-state index contributed by atoms with van der Waals surface area (Å²) in [5.41, 5.74) is 3.61. The topological polar surface area (TPSA) is 109 Å². The Hall–Kier alpha value is -3.63. The fourth-order valence-electron chi connectivity index (χ4n) is 3.20. The van der Waals surface area contributed by atoms with Crippen molar-refractivity contribution < 1.29 is 17.9 Å². The van der Waals surface area contributed by atoms with Crippen molar-refractivity contribution in [2.75, 3.05) is 22.5 Å². The quantitative estimate of drug-likeness (QED) is 0.342. The molecule has 0 aliphatic rings. The molecule has 10 heteroatoms. The highest BCUT2D eigenvalue weighted by Gasteiger charge is 2.17. The van der Waals surface area contributed by atoms with Crippen molar-refractivity contribution in [1.82, 2.24) is 4.98 Å². The summed E-state index contributed by atoms with van der Waals surface area (Å²) in [5, 5.41) is 5.81. The molecule has 170 valence electrons. The standard InChI is InChI=1S/C23H22N4O4S2/c1-14-7-9-19(10-8-14)33(29,30)27-23-26-21-15(2)11-17(13-20(21)32-23)25-22(28)24-16-5-4-6-18(12-16)31-3/h4-13H,1-3H3,(H,26,27)(H2,24,25,28). The third kappa shape index (κ3) is 5.24. The number of hydrogen-bond donors (Lipinski definition) is 3. The van der Waals surface area contributed by atoms with Crippen LogP contribution in [0.25, 0.3) is 10.2 Å². The average Bonchev–Trinajstić information content (AvgIpc) is 3.16. The first-order valence-electron chi connectivity index (χ1n) is 9.96. The monoisotopic (exact) mass is 482 g/mol. The number of sulfonamides is 1. The van der Waals surface area contributed by atoms with Crippen molar-refractivity contribution >= 4 is 54.1 Å². The lowest BCUT2D eigenvalue weighted by Crippen LogP contribution is -2.19. The van der Waals surface area contributed by atoms with Crippen molar-refractivity contribution in [2.45, 2.75) is 18.7 Å². The zero-order valence-electron chi connectivity index (χ0n) is 18.2. The largest absolute Gasteiger partial charge is 0.497 e. The summed E-state index contributed by atoms with van der Waals surface area (Å²) in [7, 11) is -2.20. The number of amides is 2. The third-order valence-electron chi connectivity index (χ3n) is 4.82. The van der Waals surface area contributed by atoms with E-state index >= 15 is 0 Å². The predicted molar refractivity (Wildman–Crippen MR) is 132 cm³/mol. The fourth-order valence-corrected chi connectivity index (χ4v) is 5.42. The molecule has 0 bridgehead atoms. The molecule has 0 aliphatic carbocycles. The first-order valence-corrected chi connectivity index (χ1v) is 12.3. The van der Waals surface area contributed by atoms with Gasteiger partial charge in [-0.2, -0.15) is 0 Å². The first kappa shape index (κ1) is 22.6. The Balaban J connectivity index is 1.52. The van der Waals surface area contributed by atoms with Crippen molar-refractivity contribution in [3.63, 3.8) is 0 Å². The molecule has 0 spiro atoms. The van der Waals surface area contributed by atoms with Crippen LogP contribution in [0.4, 0.5) is 21.3 Å². The average molecular weight is 483 g/mol. The van der Waals surface area contributed by atoms with Crippen LogP contribution in [0, 0.1) is 13.8 Å². The summed E-state index contributed by atoms with van der Waals surface area (Å²) in [6.07, 6.45) is 0. The lowest BCUT2D eigenvalue weighted by molar-refractivity contribution is 0.262. The van der Waals surface area contributed by atoms with E-state index in [1.807, 2.05) is 13.8 Å². The molecule has 4 aromatic rings. The highest BCUT2D eigenvalue weighted by molar-refractivity contribution is 7.93. The summed E-state index contributed by atoms with van der Waals surface area (Å²) in [6, 6.07) is 16.8. The molecule has 0 radical (unpaired) electrons. The number of nitrogens with zero attached hydrogens (tertiary/aromatic N) is 1. The second kappa shape index (κ2) is 9.08. The van der Waals surface area contributed by atoms with Gasteiger partial charge in [-0.05, 0) is 55.8 Å². The Morgan fingerprint density at radius 2 is 1.70 bits per heavy atom. The molecular formula is C23H22N4O4S2. The van der Waals surface area contributed by atoms with Crippen molar-refractivity contribution in [2.24, 2.45) is 0 Å². The van der Waals surface area contributed by atoms with E-state index in [1.165, 1.54) is 11.3 Å². The zero-order chi connectivity index (χ0) is 23.6. The van der Waals surface area contributed by atoms with E-state index in [1.54, 1.807) is 67.8 Å². The van der Waals surface area contributed by atoms with Crippen LogP contribution in [0.1, 0.15) is 11.1 Å². The Bertz CT molecular complexity index is 1430. The smallest absolute Gasteiger partial charge is 0.323 e. The molecule has 33 heavy (non-hydrogen) atoms. The molecule has 0 saturated carbocycles. The number of anilines is 3. The van der Waals surface area contributed by atoms with Gasteiger partial charge in [0.2, 0.25) is 0 Å². The van der Waals surface area contributed by atoms with Crippen LogP contribution in [-0.2, 0) is 10.0 Å². The number of benzene rings is 3. The number of nitrogens with one attached hydrogen (secondary N) is 3. The maximum Gasteiger partial charge on any atom is 0.323 e. The number of fused-ring (bicyclic) bond motifs is 1. The lowest BCUT2D eigenvalue weighted by atomic mass is 10.2. The highest BCUT2D eigenvalue weighted by Crippen LogP contribution is 2.32. The number of thiazole rings is 1. The molecule has 8 nitrogen and oxygen atoms in total. The number of methoxy groups -OCH3 is 1. The SMILES string of the molecule is COc1cccc(NC(=O)Nc2cc(C)c3nc(NS(=O)(=O)c4ccc(C)cc4)sc3c2)c1. The zero-order valence-corrected chi connectivity index (χ0v) is 19.8. The summed E-state index contributed by atoms with van der Waals surface area (Å²) in [6.45, 7) is 3.74. The van der Waals surface area contributed by atoms with Gasteiger partial charge >= 0.3 is 6.03 Å². The number of carbonyl (C=O) groups is 1. The van der Waals surface area contributed by atoms with Crippen LogP contribution < -0.4 is 20.1 Å². The normalized spacial score (nSPS) is 11.2. The Kier molecular flexibility index (Phi) is 6.21. The van der Waals surface area contributed by atoms with Gasteiger partial charge in [0.25, 0.3) is 10.0 Å². The maximum absolute atomic E-state index is 12.7. The number of ether oxygens (including phenoxy) is 1. The number of hydrogen-bond acceptors (Lipinski definition) is 6. The molecule has 1 aromatic heterocycles.